The molecule has 0 unspecified atom stereocenters. The fourth-order valence-electron chi connectivity index (χ4n) is 2.17. The van der Waals surface area contributed by atoms with Crippen LogP contribution in [0.3, 0.4) is 0 Å². The van der Waals surface area contributed by atoms with E-state index in [1.807, 2.05) is 12.1 Å². The number of pyridine rings is 1. The number of carboxylic acid groups (broad SMARTS) is 1. The molecule has 0 fully saturated rings. The Labute approximate surface area is 134 Å². The maximum absolute atomic E-state index is 11.5. The fraction of sp³-hybridized carbons (Fsp3) is 0. The number of aromatic nitrogens is 1. The van der Waals surface area contributed by atoms with Crippen molar-refractivity contribution < 1.29 is 9.90 Å². The summed E-state index contributed by atoms with van der Waals surface area (Å²) >= 11 is 9.37. The van der Waals surface area contributed by atoms with Gasteiger partial charge >= 0.3 is 5.97 Å². The zero-order valence-electron chi connectivity index (χ0n) is 10.7. The molecule has 104 valence electrons. The first-order valence-electron chi connectivity index (χ1n) is 6.14. The lowest BCUT2D eigenvalue weighted by molar-refractivity contribution is 0.0699. The van der Waals surface area contributed by atoms with Crippen LogP contribution in [0.25, 0.3) is 22.2 Å². The minimum atomic E-state index is -0.979. The maximum atomic E-state index is 11.5. The van der Waals surface area contributed by atoms with Crippen molar-refractivity contribution in [3.8, 4) is 11.3 Å². The summed E-state index contributed by atoms with van der Waals surface area (Å²) < 4.78 is 0.849. The highest BCUT2D eigenvalue weighted by Crippen LogP contribution is 2.28. The molecule has 0 amide bonds. The second-order valence-corrected chi connectivity index (χ2v) is 5.88. The molecule has 0 saturated heterocycles. The van der Waals surface area contributed by atoms with Gasteiger partial charge in [0, 0.05) is 20.4 Å². The molecule has 1 aromatic heterocycles. The lowest BCUT2D eigenvalue weighted by atomic mass is 10.0. The van der Waals surface area contributed by atoms with Gasteiger partial charge in [-0.3, -0.25) is 0 Å². The topological polar surface area (TPSA) is 50.2 Å². The monoisotopic (exact) mass is 361 g/mol. The Hall–Kier alpha value is -1.91. The Morgan fingerprint density at radius 1 is 1.14 bits per heavy atom. The first kappa shape index (κ1) is 14.0. The standard InChI is InChI=1S/C16H9BrClNO2/c17-10-4-5-12-13(16(20)21)8-14(19-15(12)7-10)9-2-1-3-11(18)6-9/h1-8H,(H,20,21). The summed E-state index contributed by atoms with van der Waals surface area (Å²) in [5.41, 5.74) is 2.22. The molecular weight excluding hydrogens is 354 g/mol. The average Bonchev–Trinajstić information content (AvgIpc) is 2.45. The molecule has 1 heterocycles. The fourth-order valence-corrected chi connectivity index (χ4v) is 2.71. The van der Waals surface area contributed by atoms with Gasteiger partial charge in [0.25, 0.3) is 0 Å². The molecule has 0 spiro atoms. The largest absolute Gasteiger partial charge is 0.478 e. The Kier molecular flexibility index (Phi) is 3.66. The van der Waals surface area contributed by atoms with Gasteiger partial charge in [0.2, 0.25) is 0 Å². The first-order valence-corrected chi connectivity index (χ1v) is 7.31. The molecule has 21 heavy (non-hydrogen) atoms. The molecule has 3 nitrogen and oxygen atoms in total. The number of hydrogen-bond donors (Lipinski definition) is 1. The van der Waals surface area contributed by atoms with Crippen molar-refractivity contribution >= 4 is 44.4 Å². The Balaban J connectivity index is 2.32. The second kappa shape index (κ2) is 5.47. The third kappa shape index (κ3) is 2.77. The van der Waals surface area contributed by atoms with Gasteiger partial charge in [-0.25, -0.2) is 9.78 Å². The highest BCUT2D eigenvalue weighted by Gasteiger charge is 2.13. The van der Waals surface area contributed by atoms with Gasteiger partial charge in [-0.05, 0) is 30.3 Å². The summed E-state index contributed by atoms with van der Waals surface area (Å²) in [4.78, 5) is 16.0. The third-order valence-electron chi connectivity index (χ3n) is 3.12. The van der Waals surface area contributed by atoms with E-state index >= 15 is 0 Å². The van der Waals surface area contributed by atoms with Gasteiger partial charge in [-0.15, -0.1) is 0 Å². The summed E-state index contributed by atoms with van der Waals surface area (Å²) in [6, 6.07) is 14.1. The number of fused-ring (bicyclic) bond motifs is 1. The van der Waals surface area contributed by atoms with Crippen LogP contribution in [0, 0.1) is 0 Å². The van der Waals surface area contributed by atoms with E-state index in [-0.39, 0.29) is 5.56 Å². The number of aromatic carboxylic acids is 1. The molecule has 0 aliphatic heterocycles. The first-order chi connectivity index (χ1) is 10.0. The summed E-state index contributed by atoms with van der Waals surface area (Å²) in [6.45, 7) is 0. The quantitative estimate of drug-likeness (QED) is 0.696. The van der Waals surface area contributed by atoms with E-state index in [1.54, 1.807) is 36.4 Å². The van der Waals surface area contributed by atoms with E-state index in [0.29, 0.717) is 21.6 Å². The van der Waals surface area contributed by atoms with E-state index in [1.165, 1.54) is 0 Å². The van der Waals surface area contributed by atoms with Crippen LogP contribution in [0.4, 0.5) is 0 Å². The van der Waals surface area contributed by atoms with Crippen molar-refractivity contribution in [2.45, 2.75) is 0 Å². The molecule has 2 aromatic carbocycles. The molecule has 3 rings (SSSR count). The smallest absolute Gasteiger partial charge is 0.336 e. The van der Waals surface area contributed by atoms with Crippen LogP contribution in [0.15, 0.2) is 53.0 Å². The van der Waals surface area contributed by atoms with E-state index in [0.717, 1.165) is 10.0 Å². The van der Waals surface area contributed by atoms with Gasteiger partial charge in [-0.2, -0.15) is 0 Å². The Morgan fingerprint density at radius 2 is 1.95 bits per heavy atom. The van der Waals surface area contributed by atoms with E-state index in [4.69, 9.17) is 11.6 Å². The predicted octanol–water partition coefficient (Wildman–Crippen LogP) is 5.02. The molecule has 0 radical (unpaired) electrons. The molecule has 0 aliphatic rings. The van der Waals surface area contributed by atoms with Crippen molar-refractivity contribution in [1.29, 1.82) is 0 Å². The van der Waals surface area contributed by atoms with Crippen molar-refractivity contribution in [2.24, 2.45) is 0 Å². The van der Waals surface area contributed by atoms with Crippen molar-refractivity contribution in [1.82, 2.24) is 4.98 Å². The predicted molar refractivity (Wildman–Crippen MR) is 86.8 cm³/mol. The number of benzene rings is 2. The zero-order valence-corrected chi connectivity index (χ0v) is 13.0. The minimum absolute atomic E-state index is 0.225. The van der Waals surface area contributed by atoms with Crippen molar-refractivity contribution in [3.05, 3.63) is 63.6 Å². The van der Waals surface area contributed by atoms with Crippen LogP contribution in [0.2, 0.25) is 5.02 Å². The number of hydrogen-bond acceptors (Lipinski definition) is 2. The highest BCUT2D eigenvalue weighted by molar-refractivity contribution is 9.10. The third-order valence-corrected chi connectivity index (χ3v) is 3.85. The van der Waals surface area contributed by atoms with Gasteiger partial charge < -0.3 is 5.11 Å². The van der Waals surface area contributed by atoms with Crippen LogP contribution in [0.5, 0.6) is 0 Å². The van der Waals surface area contributed by atoms with E-state index in [2.05, 4.69) is 20.9 Å². The van der Waals surface area contributed by atoms with Gasteiger partial charge in [0.15, 0.2) is 0 Å². The van der Waals surface area contributed by atoms with Crippen molar-refractivity contribution in [2.75, 3.05) is 0 Å². The van der Waals surface area contributed by atoms with Crippen LogP contribution >= 0.6 is 27.5 Å². The summed E-state index contributed by atoms with van der Waals surface area (Å²) in [7, 11) is 0. The van der Waals surface area contributed by atoms with Crippen LogP contribution in [-0.2, 0) is 0 Å². The summed E-state index contributed by atoms with van der Waals surface area (Å²) in [5, 5.41) is 10.6. The Bertz CT molecular complexity index is 864. The zero-order chi connectivity index (χ0) is 15.0. The second-order valence-electron chi connectivity index (χ2n) is 4.53. The SMILES string of the molecule is O=C(O)c1cc(-c2cccc(Cl)c2)nc2cc(Br)ccc12. The molecule has 0 saturated carbocycles. The molecule has 0 bridgehead atoms. The van der Waals surface area contributed by atoms with Crippen LogP contribution in [-0.4, -0.2) is 16.1 Å². The maximum Gasteiger partial charge on any atom is 0.336 e. The van der Waals surface area contributed by atoms with Crippen molar-refractivity contribution in [3.63, 3.8) is 0 Å². The highest BCUT2D eigenvalue weighted by atomic mass is 79.9. The molecule has 1 N–H and O–H groups in total. The minimum Gasteiger partial charge on any atom is -0.478 e. The number of carbonyl (C=O) groups is 1. The molecular formula is C16H9BrClNO2. The molecule has 0 atom stereocenters. The molecule has 5 heteroatoms. The molecule has 0 aliphatic carbocycles. The summed E-state index contributed by atoms with van der Waals surface area (Å²) in [5.74, 6) is -0.979. The number of nitrogens with zero attached hydrogens (tertiary/aromatic N) is 1. The summed E-state index contributed by atoms with van der Waals surface area (Å²) in [6.07, 6.45) is 0. The van der Waals surface area contributed by atoms with Gasteiger partial charge in [-0.1, -0.05) is 45.7 Å². The lowest BCUT2D eigenvalue weighted by Gasteiger charge is -2.08. The normalized spacial score (nSPS) is 10.8. The lowest BCUT2D eigenvalue weighted by Crippen LogP contribution is -2.00. The number of rotatable bonds is 2. The van der Waals surface area contributed by atoms with Crippen LogP contribution in [0.1, 0.15) is 10.4 Å². The van der Waals surface area contributed by atoms with Gasteiger partial charge in [0.1, 0.15) is 0 Å². The average molecular weight is 363 g/mol. The van der Waals surface area contributed by atoms with E-state index < -0.39 is 5.97 Å². The molecule has 3 aromatic rings. The Morgan fingerprint density at radius 3 is 2.67 bits per heavy atom. The number of carboxylic acids is 1. The number of halogens is 2. The van der Waals surface area contributed by atoms with Gasteiger partial charge in [0.05, 0.1) is 16.8 Å². The van der Waals surface area contributed by atoms with E-state index in [9.17, 15) is 9.90 Å². The van der Waals surface area contributed by atoms with Crippen LogP contribution < -0.4 is 0 Å².